The first kappa shape index (κ1) is 17.8. The molecule has 0 radical (unpaired) electrons. The van der Waals surface area contributed by atoms with Crippen LogP contribution in [0.25, 0.3) is 10.9 Å². The number of carbonyl (C=O) groups excluding carboxylic acids is 2. The molecule has 0 spiro atoms. The van der Waals surface area contributed by atoms with E-state index in [2.05, 4.69) is 38.4 Å². The first-order chi connectivity index (χ1) is 13.0. The lowest BCUT2D eigenvalue weighted by atomic mass is 10.0. The van der Waals surface area contributed by atoms with Gasteiger partial charge >= 0.3 is 0 Å². The van der Waals surface area contributed by atoms with E-state index in [1.165, 1.54) is 11.3 Å². The molecule has 0 aliphatic carbocycles. The summed E-state index contributed by atoms with van der Waals surface area (Å²) in [6.07, 6.45) is 0.795. The molecule has 0 bridgehead atoms. The van der Waals surface area contributed by atoms with Gasteiger partial charge in [0.2, 0.25) is 5.91 Å². The van der Waals surface area contributed by atoms with Crippen LogP contribution in [-0.4, -0.2) is 34.3 Å². The van der Waals surface area contributed by atoms with Gasteiger partial charge in [0, 0.05) is 51.7 Å². The Bertz CT molecular complexity index is 1010. The van der Waals surface area contributed by atoms with Gasteiger partial charge in [0.15, 0.2) is 0 Å². The van der Waals surface area contributed by atoms with Crippen LogP contribution in [0, 0.1) is 0 Å². The van der Waals surface area contributed by atoms with E-state index in [1.54, 1.807) is 19.1 Å². The summed E-state index contributed by atoms with van der Waals surface area (Å²) in [4.78, 5) is 30.5. The van der Waals surface area contributed by atoms with E-state index >= 15 is 0 Å². The minimum Gasteiger partial charge on any atom is -0.358 e. The van der Waals surface area contributed by atoms with Crippen LogP contribution in [0.3, 0.4) is 0 Å². The lowest BCUT2D eigenvalue weighted by molar-refractivity contribution is -0.133. The van der Waals surface area contributed by atoms with Crippen molar-refractivity contribution in [3.63, 3.8) is 0 Å². The molecule has 1 atom stereocenters. The molecule has 2 N–H and O–H groups in total. The summed E-state index contributed by atoms with van der Waals surface area (Å²) in [7, 11) is 0. The van der Waals surface area contributed by atoms with Crippen molar-refractivity contribution in [2.75, 3.05) is 6.54 Å². The monoisotopic (exact) mass is 425 g/mol. The zero-order valence-corrected chi connectivity index (χ0v) is 16.5. The van der Waals surface area contributed by atoms with Crippen molar-refractivity contribution in [3.8, 4) is 0 Å². The van der Waals surface area contributed by atoms with Crippen LogP contribution in [-0.2, 0) is 17.8 Å². The fourth-order valence-electron chi connectivity index (χ4n) is 3.57. The Morgan fingerprint density at radius 1 is 1.15 bits per heavy atom. The molecule has 0 fully saturated rings. The van der Waals surface area contributed by atoms with Gasteiger partial charge in [-0.3, -0.25) is 9.59 Å². The predicted molar refractivity (Wildman–Crippen MR) is 108 cm³/mol. The smallest absolute Gasteiger partial charge is 0.251 e. The van der Waals surface area contributed by atoms with Gasteiger partial charge in [-0.25, -0.2) is 0 Å². The summed E-state index contributed by atoms with van der Waals surface area (Å²) >= 11 is 3.35. The number of aromatic amines is 1. The van der Waals surface area contributed by atoms with Crippen molar-refractivity contribution < 1.29 is 9.59 Å². The fraction of sp³-hybridized carbons (Fsp3) is 0.238. The number of carbonyl (C=O) groups is 2. The van der Waals surface area contributed by atoms with Crippen molar-refractivity contribution >= 4 is 38.6 Å². The van der Waals surface area contributed by atoms with Crippen LogP contribution in [0.1, 0.15) is 28.5 Å². The van der Waals surface area contributed by atoms with E-state index < -0.39 is 6.04 Å². The second-order valence-electron chi connectivity index (χ2n) is 6.84. The molecule has 4 rings (SSSR count). The number of rotatable bonds is 3. The molecule has 3 aromatic rings. The number of benzene rings is 2. The number of aromatic nitrogens is 1. The Labute approximate surface area is 165 Å². The number of hydrogen-bond donors (Lipinski definition) is 2. The largest absolute Gasteiger partial charge is 0.358 e. The van der Waals surface area contributed by atoms with Gasteiger partial charge in [-0.15, -0.1) is 0 Å². The van der Waals surface area contributed by atoms with Crippen LogP contribution < -0.4 is 5.32 Å². The van der Waals surface area contributed by atoms with Crippen LogP contribution in [0.4, 0.5) is 0 Å². The van der Waals surface area contributed by atoms with E-state index in [0.717, 1.165) is 21.8 Å². The normalized spacial score (nSPS) is 14.7. The van der Waals surface area contributed by atoms with E-state index in [4.69, 9.17) is 0 Å². The highest BCUT2D eigenvalue weighted by Crippen LogP contribution is 2.27. The maximum atomic E-state index is 12.9. The molecule has 1 aromatic heterocycles. The SMILES string of the molecule is CC(NC(=O)c1ccc(Br)cc1)C(=O)N1CCc2[nH]c3ccccc3c2C1. The first-order valence-corrected chi connectivity index (χ1v) is 9.76. The summed E-state index contributed by atoms with van der Waals surface area (Å²) < 4.78 is 0.908. The third kappa shape index (κ3) is 3.49. The Hall–Kier alpha value is -2.60. The number of hydrogen-bond acceptors (Lipinski definition) is 2. The molecule has 2 heterocycles. The molecule has 27 heavy (non-hydrogen) atoms. The summed E-state index contributed by atoms with van der Waals surface area (Å²) in [6, 6.07) is 14.7. The quantitative estimate of drug-likeness (QED) is 0.672. The minimum atomic E-state index is -0.576. The van der Waals surface area contributed by atoms with Crippen molar-refractivity contribution in [2.24, 2.45) is 0 Å². The summed E-state index contributed by atoms with van der Waals surface area (Å²) in [5, 5.41) is 3.98. The van der Waals surface area contributed by atoms with Crippen molar-refractivity contribution in [3.05, 3.63) is 69.8 Å². The highest BCUT2D eigenvalue weighted by molar-refractivity contribution is 9.10. The van der Waals surface area contributed by atoms with E-state index in [0.29, 0.717) is 18.7 Å². The second kappa shape index (κ2) is 7.19. The summed E-state index contributed by atoms with van der Waals surface area (Å²) in [5.74, 6) is -0.301. The van der Waals surface area contributed by atoms with Crippen molar-refractivity contribution in [1.29, 1.82) is 0 Å². The molecule has 0 saturated carbocycles. The van der Waals surface area contributed by atoms with E-state index in [-0.39, 0.29) is 11.8 Å². The molecule has 2 amide bonds. The Morgan fingerprint density at radius 2 is 1.89 bits per heavy atom. The molecule has 1 unspecified atom stereocenters. The molecular formula is C21H20BrN3O2. The second-order valence-corrected chi connectivity index (χ2v) is 7.76. The molecule has 138 valence electrons. The maximum Gasteiger partial charge on any atom is 0.251 e. The molecule has 0 saturated heterocycles. The summed E-state index contributed by atoms with van der Waals surface area (Å²) in [6.45, 7) is 2.96. The van der Waals surface area contributed by atoms with Crippen LogP contribution >= 0.6 is 15.9 Å². The number of nitrogens with zero attached hydrogens (tertiary/aromatic N) is 1. The van der Waals surface area contributed by atoms with E-state index in [9.17, 15) is 9.59 Å². The topological polar surface area (TPSA) is 65.2 Å². The van der Waals surface area contributed by atoms with Gasteiger partial charge in [-0.2, -0.15) is 0 Å². The highest BCUT2D eigenvalue weighted by Gasteiger charge is 2.27. The highest BCUT2D eigenvalue weighted by atomic mass is 79.9. The zero-order valence-electron chi connectivity index (χ0n) is 15.0. The molecule has 1 aliphatic rings. The fourth-order valence-corrected chi connectivity index (χ4v) is 3.84. The molecule has 1 aliphatic heterocycles. The number of para-hydroxylation sites is 1. The lowest BCUT2D eigenvalue weighted by Gasteiger charge is -2.30. The van der Waals surface area contributed by atoms with Gasteiger partial charge in [0.1, 0.15) is 6.04 Å². The van der Waals surface area contributed by atoms with Crippen LogP contribution in [0.15, 0.2) is 53.0 Å². The maximum absolute atomic E-state index is 12.9. The molecule has 6 heteroatoms. The number of nitrogens with one attached hydrogen (secondary N) is 2. The standard InChI is InChI=1S/C21H20BrN3O2/c1-13(23-20(26)14-6-8-15(22)9-7-14)21(27)25-11-10-19-17(12-25)16-4-2-3-5-18(16)24-19/h2-9,13,24H,10-12H2,1H3,(H,23,26). The lowest BCUT2D eigenvalue weighted by Crippen LogP contribution is -2.48. The average Bonchev–Trinajstić information content (AvgIpc) is 3.05. The van der Waals surface area contributed by atoms with Crippen molar-refractivity contribution in [2.45, 2.75) is 25.9 Å². The first-order valence-electron chi connectivity index (χ1n) is 8.96. The van der Waals surface area contributed by atoms with Gasteiger partial charge in [0.25, 0.3) is 5.91 Å². The third-order valence-electron chi connectivity index (χ3n) is 5.02. The number of amides is 2. The summed E-state index contributed by atoms with van der Waals surface area (Å²) in [5.41, 5.74) is 4.02. The molecule has 2 aromatic carbocycles. The Kier molecular flexibility index (Phi) is 4.74. The van der Waals surface area contributed by atoms with Gasteiger partial charge in [-0.05, 0) is 37.3 Å². The Morgan fingerprint density at radius 3 is 2.67 bits per heavy atom. The predicted octanol–water partition coefficient (Wildman–Crippen LogP) is 3.63. The number of H-pyrrole nitrogens is 1. The van der Waals surface area contributed by atoms with E-state index in [1.807, 2.05) is 29.2 Å². The van der Waals surface area contributed by atoms with Crippen LogP contribution in [0.5, 0.6) is 0 Å². The van der Waals surface area contributed by atoms with Gasteiger partial charge in [-0.1, -0.05) is 34.1 Å². The van der Waals surface area contributed by atoms with Crippen LogP contribution in [0.2, 0.25) is 0 Å². The van der Waals surface area contributed by atoms with Gasteiger partial charge in [0.05, 0.1) is 0 Å². The Balaban J connectivity index is 1.46. The molecular weight excluding hydrogens is 406 g/mol. The third-order valence-corrected chi connectivity index (χ3v) is 5.55. The average molecular weight is 426 g/mol. The number of fused-ring (bicyclic) bond motifs is 3. The molecule has 5 nitrogen and oxygen atoms in total. The number of halogens is 1. The van der Waals surface area contributed by atoms with Gasteiger partial charge < -0.3 is 15.2 Å². The van der Waals surface area contributed by atoms with Crippen molar-refractivity contribution in [1.82, 2.24) is 15.2 Å². The minimum absolute atomic E-state index is 0.0589. The zero-order chi connectivity index (χ0) is 19.0.